The number of ether oxygens (including phenoxy) is 1. The average molecular weight is 372 g/mol. The maximum absolute atomic E-state index is 12.7. The Bertz CT molecular complexity index is 865. The van der Waals surface area contributed by atoms with Crippen molar-refractivity contribution in [3.8, 4) is 5.75 Å². The molecule has 1 aromatic carbocycles. The summed E-state index contributed by atoms with van der Waals surface area (Å²) in [6.07, 6.45) is 1.01. The molecule has 4 rings (SSSR count). The normalized spacial score (nSPS) is 23.9. The number of rotatable bonds is 4. The van der Waals surface area contributed by atoms with E-state index < -0.39 is 11.4 Å². The molecule has 1 N–H and O–H groups in total. The lowest BCUT2D eigenvalue weighted by atomic mass is 9.73. The molecule has 0 aliphatic carbocycles. The summed E-state index contributed by atoms with van der Waals surface area (Å²) in [6.45, 7) is 2.66. The molecule has 1 amide bonds. The van der Waals surface area contributed by atoms with E-state index in [1.807, 2.05) is 31.2 Å². The van der Waals surface area contributed by atoms with Crippen LogP contribution in [0.1, 0.15) is 28.5 Å². The van der Waals surface area contributed by atoms with Gasteiger partial charge in [-0.25, -0.2) is 4.98 Å². The first-order chi connectivity index (χ1) is 12.5. The van der Waals surface area contributed by atoms with Crippen LogP contribution in [-0.4, -0.2) is 46.6 Å². The Morgan fingerprint density at radius 1 is 1.42 bits per heavy atom. The zero-order valence-electron chi connectivity index (χ0n) is 14.5. The lowest BCUT2D eigenvalue weighted by Crippen LogP contribution is -2.46. The molecular weight excluding hydrogens is 352 g/mol. The van der Waals surface area contributed by atoms with Crippen LogP contribution in [0.4, 0.5) is 0 Å². The fraction of sp³-hybridized carbons (Fsp3) is 0.421. The van der Waals surface area contributed by atoms with Crippen molar-refractivity contribution in [3.05, 3.63) is 45.9 Å². The third-order valence-electron chi connectivity index (χ3n) is 5.51. The van der Waals surface area contributed by atoms with Gasteiger partial charge in [0.1, 0.15) is 17.8 Å². The molecule has 0 unspecified atom stereocenters. The standard InChI is InChI=1S/C19H20N2O4S/c1-12-16(26-11-20-12)6-7-17(22)21-8-14-13-4-2-3-5-15(13)25-10-19(14,9-21)18(23)24/h2-5,11,14H,6-10H2,1H3,(H,23,24)/t14-,19-/m1/s1. The molecule has 0 radical (unpaired) electrons. The summed E-state index contributed by atoms with van der Waals surface area (Å²) in [6, 6.07) is 7.53. The highest BCUT2D eigenvalue weighted by molar-refractivity contribution is 7.09. The van der Waals surface area contributed by atoms with Crippen molar-refractivity contribution < 1.29 is 19.4 Å². The van der Waals surface area contributed by atoms with E-state index in [2.05, 4.69) is 4.98 Å². The van der Waals surface area contributed by atoms with Gasteiger partial charge in [0.2, 0.25) is 5.91 Å². The fourth-order valence-electron chi connectivity index (χ4n) is 3.97. The Labute approximate surface area is 155 Å². The molecular formula is C19H20N2O4S. The van der Waals surface area contributed by atoms with Crippen LogP contribution in [0.25, 0.3) is 0 Å². The van der Waals surface area contributed by atoms with Gasteiger partial charge in [-0.15, -0.1) is 11.3 Å². The zero-order valence-corrected chi connectivity index (χ0v) is 15.3. The topological polar surface area (TPSA) is 79.7 Å². The number of hydrogen-bond donors (Lipinski definition) is 1. The molecule has 2 aliphatic rings. The molecule has 26 heavy (non-hydrogen) atoms. The highest BCUT2D eigenvalue weighted by Crippen LogP contribution is 2.49. The number of para-hydroxylation sites is 1. The van der Waals surface area contributed by atoms with Crippen molar-refractivity contribution in [1.29, 1.82) is 0 Å². The van der Waals surface area contributed by atoms with E-state index in [4.69, 9.17) is 4.74 Å². The van der Waals surface area contributed by atoms with Gasteiger partial charge in [0.15, 0.2) is 0 Å². The first kappa shape index (κ1) is 17.0. The number of carbonyl (C=O) groups is 2. The predicted molar refractivity (Wildman–Crippen MR) is 96.5 cm³/mol. The molecule has 1 fully saturated rings. The first-order valence-electron chi connectivity index (χ1n) is 8.63. The predicted octanol–water partition coefficient (Wildman–Crippen LogP) is 2.47. The Kier molecular flexibility index (Phi) is 4.19. The van der Waals surface area contributed by atoms with Gasteiger partial charge in [-0.3, -0.25) is 9.59 Å². The maximum Gasteiger partial charge on any atom is 0.315 e. The number of thiazole rings is 1. The van der Waals surface area contributed by atoms with E-state index in [-0.39, 0.29) is 25.0 Å². The third-order valence-corrected chi connectivity index (χ3v) is 6.51. The van der Waals surface area contributed by atoms with Gasteiger partial charge in [0, 0.05) is 35.9 Å². The van der Waals surface area contributed by atoms with Gasteiger partial charge in [-0.2, -0.15) is 0 Å². The minimum absolute atomic E-state index is 0.00898. The molecule has 2 atom stereocenters. The Morgan fingerprint density at radius 2 is 2.23 bits per heavy atom. The van der Waals surface area contributed by atoms with E-state index in [0.717, 1.165) is 21.9 Å². The molecule has 1 saturated heterocycles. The van der Waals surface area contributed by atoms with Crippen LogP contribution in [-0.2, 0) is 16.0 Å². The van der Waals surface area contributed by atoms with Gasteiger partial charge in [-0.1, -0.05) is 18.2 Å². The van der Waals surface area contributed by atoms with E-state index in [9.17, 15) is 14.7 Å². The van der Waals surface area contributed by atoms with Crippen molar-refractivity contribution >= 4 is 23.2 Å². The van der Waals surface area contributed by atoms with E-state index in [1.54, 1.807) is 21.7 Å². The largest absolute Gasteiger partial charge is 0.492 e. The number of carbonyl (C=O) groups excluding carboxylic acids is 1. The first-order valence-corrected chi connectivity index (χ1v) is 9.51. The number of benzene rings is 1. The summed E-state index contributed by atoms with van der Waals surface area (Å²) in [5.41, 5.74) is 2.56. The van der Waals surface area contributed by atoms with Crippen LogP contribution in [0.5, 0.6) is 5.75 Å². The molecule has 1 aromatic heterocycles. The molecule has 6 nitrogen and oxygen atoms in total. The highest BCUT2D eigenvalue weighted by Gasteiger charge is 2.57. The summed E-state index contributed by atoms with van der Waals surface area (Å²) < 4.78 is 5.74. The lowest BCUT2D eigenvalue weighted by Gasteiger charge is -2.35. The van der Waals surface area contributed by atoms with Crippen LogP contribution in [0.2, 0.25) is 0 Å². The van der Waals surface area contributed by atoms with Gasteiger partial charge in [0.05, 0.1) is 11.2 Å². The monoisotopic (exact) mass is 372 g/mol. The average Bonchev–Trinajstić information content (AvgIpc) is 3.24. The fourth-order valence-corrected chi connectivity index (χ4v) is 4.75. The number of aryl methyl sites for hydroxylation is 2. The number of aliphatic carboxylic acids is 1. The number of hydrogen-bond acceptors (Lipinski definition) is 5. The minimum atomic E-state index is -1.07. The number of aromatic nitrogens is 1. The molecule has 3 heterocycles. The van der Waals surface area contributed by atoms with Crippen LogP contribution in [0, 0.1) is 12.3 Å². The van der Waals surface area contributed by atoms with E-state index in [1.165, 1.54) is 0 Å². The number of amides is 1. The van der Waals surface area contributed by atoms with Crippen LogP contribution in [0.3, 0.4) is 0 Å². The van der Waals surface area contributed by atoms with Crippen LogP contribution < -0.4 is 4.74 Å². The van der Waals surface area contributed by atoms with Crippen LogP contribution in [0.15, 0.2) is 29.8 Å². The summed E-state index contributed by atoms with van der Waals surface area (Å²) in [5, 5.41) is 9.92. The molecule has 136 valence electrons. The van der Waals surface area contributed by atoms with Gasteiger partial charge in [-0.05, 0) is 19.4 Å². The number of nitrogens with zero attached hydrogens (tertiary/aromatic N) is 2. The molecule has 0 saturated carbocycles. The van der Waals surface area contributed by atoms with Crippen LogP contribution >= 0.6 is 11.3 Å². The quantitative estimate of drug-likeness (QED) is 0.892. The van der Waals surface area contributed by atoms with Crippen molar-refractivity contribution in [2.75, 3.05) is 19.7 Å². The number of carboxylic acids is 1. The Hall–Kier alpha value is -2.41. The maximum atomic E-state index is 12.7. The second-order valence-corrected chi connectivity index (χ2v) is 7.91. The number of fused-ring (bicyclic) bond motifs is 3. The summed E-state index contributed by atoms with van der Waals surface area (Å²) in [7, 11) is 0. The summed E-state index contributed by atoms with van der Waals surface area (Å²) in [5.74, 6) is -0.418. The second-order valence-electron chi connectivity index (χ2n) is 6.98. The lowest BCUT2D eigenvalue weighted by molar-refractivity contribution is -0.152. The SMILES string of the molecule is Cc1ncsc1CCC(=O)N1C[C@@H]2c3ccccc3OC[C@]2(C(=O)O)C1. The third kappa shape index (κ3) is 2.67. The van der Waals surface area contributed by atoms with Crippen molar-refractivity contribution in [3.63, 3.8) is 0 Å². The zero-order chi connectivity index (χ0) is 18.3. The number of carboxylic acid groups (broad SMARTS) is 1. The molecule has 0 spiro atoms. The Balaban J connectivity index is 1.55. The van der Waals surface area contributed by atoms with Crippen molar-refractivity contribution in [1.82, 2.24) is 9.88 Å². The van der Waals surface area contributed by atoms with E-state index in [0.29, 0.717) is 19.4 Å². The van der Waals surface area contributed by atoms with Gasteiger partial charge < -0.3 is 14.7 Å². The summed E-state index contributed by atoms with van der Waals surface area (Å²) in [4.78, 5) is 31.9. The molecule has 2 aromatic rings. The highest BCUT2D eigenvalue weighted by atomic mass is 32.1. The molecule has 2 aliphatic heterocycles. The number of likely N-dealkylation sites (tertiary alicyclic amines) is 1. The summed E-state index contributed by atoms with van der Waals surface area (Å²) >= 11 is 1.55. The van der Waals surface area contributed by atoms with Crippen molar-refractivity contribution in [2.24, 2.45) is 5.41 Å². The van der Waals surface area contributed by atoms with Gasteiger partial charge >= 0.3 is 5.97 Å². The molecule has 0 bridgehead atoms. The minimum Gasteiger partial charge on any atom is -0.492 e. The molecule has 7 heteroatoms. The Morgan fingerprint density at radius 3 is 2.96 bits per heavy atom. The second kappa shape index (κ2) is 6.39. The smallest absolute Gasteiger partial charge is 0.315 e. The van der Waals surface area contributed by atoms with E-state index >= 15 is 0 Å². The van der Waals surface area contributed by atoms with Crippen molar-refractivity contribution in [2.45, 2.75) is 25.7 Å². The van der Waals surface area contributed by atoms with Gasteiger partial charge in [0.25, 0.3) is 0 Å².